The molecule has 0 atom stereocenters. The Balaban J connectivity index is 1.75. The molecule has 0 aliphatic heterocycles. The van der Waals surface area contributed by atoms with Crippen molar-refractivity contribution in [1.82, 2.24) is 0 Å². The summed E-state index contributed by atoms with van der Waals surface area (Å²) in [5.41, 5.74) is 2.42. The van der Waals surface area contributed by atoms with Gasteiger partial charge in [-0.15, -0.1) is 0 Å². The number of benzene rings is 4. The molecule has 0 aliphatic rings. The monoisotopic (exact) mass is 728 g/mol. The lowest BCUT2D eigenvalue weighted by atomic mass is 9.80. The van der Waals surface area contributed by atoms with Gasteiger partial charge in [-0.2, -0.15) is 0 Å². The molecule has 52 heavy (non-hydrogen) atoms. The number of methoxy groups -OCH3 is 5. The van der Waals surface area contributed by atoms with E-state index < -0.39 is 19.9 Å². The van der Waals surface area contributed by atoms with Crippen molar-refractivity contribution < 1.29 is 42.4 Å². The molecule has 278 valence electrons. The Labute approximate surface area is 309 Å². The van der Waals surface area contributed by atoms with Crippen molar-refractivity contribution in [2.45, 2.75) is 50.9 Å². The SMILES string of the molecule is COc1ccc(C(OCCc2c(C(=O)OC=CCO[Si](C)(C)C(C)(C)C)cc(OC)c(OC)c2OC)(c2ccccc2)c2ccc(OC)cc2)cc1. The molecular weight excluding hydrogens is 677 g/mol. The Kier molecular flexibility index (Phi) is 13.6. The molecule has 0 aromatic heterocycles. The molecule has 4 rings (SSSR count). The Bertz CT molecular complexity index is 1730. The molecule has 0 unspecified atom stereocenters. The van der Waals surface area contributed by atoms with Crippen molar-refractivity contribution in [3.63, 3.8) is 0 Å². The third-order valence-corrected chi connectivity index (χ3v) is 14.1. The van der Waals surface area contributed by atoms with Crippen LogP contribution in [0.1, 0.15) is 53.4 Å². The van der Waals surface area contributed by atoms with Gasteiger partial charge in [-0.1, -0.05) is 75.4 Å². The van der Waals surface area contributed by atoms with E-state index in [4.69, 9.17) is 37.6 Å². The van der Waals surface area contributed by atoms with Gasteiger partial charge in [0.2, 0.25) is 5.75 Å². The molecule has 0 saturated heterocycles. The fourth-order valence-electron chi connectivity index (χ4n) is 5.71. The highest BCUT2D eigenvalue weighted by Crippen LogP contribution is 2.45. The normalized spacial score (nSPS) is 12.0. The van der Waals surface area contributed by atoms with Crippen LogP contribution in [0.5, 0.6) is 28.7 Å². The summed E-state index contributed by atoms with van der Waals surface area (Å²) in [6, 6.07) is 27.3. The summed E-state index contributed by atoms with van der Waals surface area (Å²) in [6.07, 6.45) is 3.33. The van der Waals surface area contributed by atoms with Crippen LogP contribution in [0.2, 0.25) is 18.1 Å². The van der Waals surface area contributed by atoms with Crippen molar-refractivity contribution in [3.8, 4) is 28.7 Å². The maximum atomic E-state index is 13.7. The molecular formula is C42H52O9Si. The predicted octanol–water partition coefficient (Wildman–Crippen LogP) is 8.97. The lowest BCUT2D eigenvalue weighted by molar-refractivity contribution is 0.0144. The number of ether oxygens (including phenoxy) is 7. The van der Waals surface area contributed by atoms with Gasteiger partial charge in [0.05, 0.1) is 60.6 Å². The van der Waals surface area contributed by atoms with Gasteiger partial charge in [0, 0.05) is 12.0 Å². The Morgan fingerprint density at radius 3 is 1.71 bits per heavy atom. The van der Waals surface area contributed by atoms with Gasteiger partial charge in [-0.3, -0.25) is 0 Å². The summed E-state index contributed by atoms with van der Waals surface area (Å²) < 4.78 is 47.1. The van der Waals surface area contributed by atoms with Crippen LogP contribution in [0.25, 0.3) is 0 Å². The highest BCUT2D eigenvalue weighted by Gasteiger charge is 2.39. The molecule has 4 aromatic rings. The Hall–Kier alpha value is -4.77. The summed E-state index contributed by atoms with van der Waals surface area (Å²) in [5.74, 6) is 1.89. The smallest absolute Gasteiger partial charge is 0.343 e. The predicted molar refractivity (Wildman–Crippen MR) is 206 cm³/mol. The van der Waals surface area contributed by atoms with Crippen molar-refractivity contribution in [1.29, 1.82) is 0 Å². The van der Waals surface area contributed by atoms with Crippen molar-refractivity contribution in [2.24, 2.45) is 0 Å². The number of carbonyl (C=O) groups excluding carboxylic acids is 1. The van der Waals surface area contributed by atoms with Crippen LogP contribution >= 0.6 is 0 Å². The van der Waals surface area contributed by atoms with Gasteiger partial charge in [0.25, 0.3) is 0 Å². The number of rotatable bonds is 17. The minimum absolute atomic E-state index is 0.0591. The average Bonchev–Trinajstić information content (AvgIpc) is 3.15. The third kappa shape index (κ3) is 8.81. The standard InChI is InChI=1S/C42H52O9Si/c1-41(2,3)52(9,10)51-27-14-26-49-40(43)36-29-37(46-6)39(48-8)38(47-7)35(36)25-28-50-42(30-15-12-11-13-16-30,31-17-21-33(44-4)22-18-31)32-19-23-34(45-5)24-20-32/h11-24,26,29H,25,27-28H2,1-10H3. The zero-order valence-electron chi connectivity index (χ0n) is 32.0. The van der Waals surface area contributed by atoms with E-state index in [1.165, 1.54) is 27.6 Å². The van der Waals surface area contributed by atoms with Crippen LogP contribution in [0.3, 0.4) is 0 Å². The number of carbonyl (C=O) groups is 1. The van der Waals surface area contributed by atoms with Crippen LogP contribution in [0, 0.1) is 0 Å². The molecule has 4 aromatic carbocycles. The topological polar surface area (TPSA) is 90.9 Å². The van der Waals surface area contributed by atoms with Crippen LogP contribution < -0.4 is 23.7 Å². The molecule has 0 spiro atoms. The lowest BCUT2D eigenvalue weighted by Gasteiger charge is -2.36. The molecule has 0 radical (unpaired) electrons. The van der Waals surface area contributed by atoms with Crippen LogP contribution in [-0.2, 0) is 25.9 Å². The summed E-state index contributed by atoms with van der Waals surface area (Å²) >= 11 is 0. The van der Waals surface area contributed by atoms with E-state index in [0.29, 0.717) is 29.4 Å². The minimum atomic E-state index is -1.97. The second kappa shape index (κ2) is 17.6. The maximum Gasteiger partial charge on any atom is 0.343 e. The lowest BCUT2D eigenvalue weighted by Crippen LogP contribution is -2.40. The largest absolute Gasteiger partial charge is 0.497 e. The molecule has 9 nitrogen and oxygen atoms in total. The van der Waals surface area contributed by atoms with E-state index in [1.54, 1.807) is 26.4 Å². The molecule has 0 fully saturated rings. The Morgan fingerprint density at radius 2 is 1.23 bits per heavy atom. The van der Waals surface area contributed by atoms with E-state index in [9.17, 15) is 4.79 Å². The van der Waals surface area contributed by atoms with Crippen LogP contribution in [0.15, 0.2) is 97.3 Å². The first-order valence-electron chi connectivity index (χ1n) is 17.2. The van der Waals surface area contributed by atoms with Gasteiger partial charge in [-0.05, 0) is 71.2 Å². The quantitative estimate of drug-likeness (QED) is 0.0457. The zero-order valence-corrected chi connectivity index (χ0v) is 33.0. The van der Waals surface area contributed by atoms with Crippen molar-refractivity contribution >= 4 is 14.3 Å². The van der Waals surface area contributed by atoms with E-state index in [0.717, 1.165) is 28.2 Å². The average molecular weight is 729 g/mol. The van der Waals surface area contributed by atoms with E-state index in [2.05, 4.69) is 33.9 Å². The van der Waals surface area contributed by atoms with Crippen molar-refractivity contribution in [2.75, 3.05) is 48.8 Å². The summed E-state index contributed by atoms with van der Waals surface area (Å²) in [6.45, 7) is 11.4. The number of esters is 1. The fraction of sp³-hybridized carbons (Fsp3) is 0.357. The van der Waals surface area contributed by atoms with Crippen LogP contribution in [-0.4, -0.2) is 63.0 Å². The third-order valence-electron chi connectivity index (χ3n) is 9.61. The second-order valence-corrected chi connectivity index (χ2v) is 18.4. The number of hydrogen-bond donors (Lipinski definition) is 0. The highest BCUT2D eigenvalue weighted by atomic mass is 28.4. The first-order chi connectivity index (χ1) is 24.9. The van der Waals surface area contributed by atoms with Crippen LogP contribution in [0.4, 0.5) is 0 Å². The zero-order chi connectivity index (χ0) is 37.9. The van der Waals surface area contributed by atoms with Crippen molar-refractivity contribution in [3.05, 3.63) is 125 Å². The van der Waals surface area contributed by atoms with Gasteiger partial charge in [-0.25, -0.2) is 4.79 Å². The Morgan fingerprint density at radius 1 is 0.692 bits per heavy atom. The second-order valence-electron chi connectivity index (χ2n) is 13.6. The maximum absolute atomic E-state index is 13.7. The summed E-state index contributed by atoms with van der Waals surface area (Å²) in [5, 5.41) is 0.0591. The van der Waals surface area contributed by atoms with E-state index >= 15 is 0 Å². The minimum Gasteiger partial charge on any atom is -0.497 e. The fourth-order valence-corrected chi connectivity index (χ4v) is 6.66. The molecule has 0 saturated carbocycles. The number of hydrogen-bond acceptors (Lipinski definition) is 9. The molecule has 0 aliphatic carbocycles. The summed E-state index contributed by atoms with van der Waals surface area (Å²) in [4.78, 5) is 13.7. The highest BCUT2D eigenvalue weighted by molar-refractivity contribution is 6.74. The molecule has 10 heteroatoms. The van der Waals surface area contributed by atoms with Gasteiger partial charge in [0.15, 0.2) is 19.8 Å². The molecule has 0 bridgehead atoms. The molecule has 0 heterocycles. The van der Waals surface area contributed by atoms with E-state index in [-0.39, 0.29) is 23.6 Å². The van der Waals surface area contributed by atoms with E-state index in [1.807, 2.05) is 78.9 Å². The van der Waals surface area contributed by atoms with Gasteiger partial charge in [0.1, 0.15) is 17.1 Å². The van der Waals surface area contributed by atoms with Gasteiger partial charge >= 0.3 is 5.97 Å². The van der Waals surface area contributed by atoms with Gasteiger partial charge < -0.3 is 37.6 Å². The molecule has 0 N–H and O–H groups in total. The summed E-state index contributed by atoms with van der Waals surface area (Å²) in [7, 11) is 5.86. The first-order valence-corrected chi connectivity index (χ1v) is 20.1. The molecule has 0 amide bonds. The first kappa shape index (κ1) is 40.0.